The highest BCUT2D eigenvalue weighted by Crippen LogP contribution is 2.61. The molecule has 2 nitrogen and oxygen atoms in total. The van der Waals surface area contributed by atoms with Crippen LogP contribution in [0.5, 0.6) is 0 Å². The zero-order valence-corrected chi connectivity index (χ0v) is 15.4. The molecule has 2 heteroatoms. The lowest BCUT2D eigenvalue weighted by Crippen LogP contribution is -2.67. The number of ether oxygens (including phenoxy) is 2. The number of methoxy groups -OCH3 is 2. The molecule has 0 aromatic heterocycles. The van der Waals surface area contributed by atoms with Gasteiger partial charge in [-0.3, -0.25) is 0 Å². The molecule has 0 heterocycles. The molecule has 0 aromatic rings. The Bertz CT molecular complexity index is 393. The van der Waals surface area contributed by atoms with E-state index in [1.54, 1.807) is 14.2 Å². The summed E-state index contributed by atoms with van der Waals surface area (Å²) in [5.41, 5.74) is -0.131. The third kappa shape index (κ3) is 2.34. The second kappa shape index (κ2) is 6.31. The molecule has 7 unspecified atom stereocenters. The summed E-state index contributed by atoms with van der Waals surface area (Å²) in [5, 5.41) is 0. The second-order valence-corrected chi connectivity index (χ2v) is 7.40. The van der Waals surface area contributed by atoms with Crippen molar-refractivity contribution in [2.45, 2.75) is 54.3 Å². The minimum atomic E-state index is -0.594. The predicted molar refractivity (Wildman–Crippen MR) is 88.7 cm³/mol. The van der Waals surface area contributed by atoms with E-state index >= 15 is 0 Å². The van der Waals surface area contributed by atoms with Crippen molar-refractivity contribution in [3.8, 4) is 12.3 Å². The fraction of sp³-hybridized carbons (Fsp3) is 0.895. The second-order valence-electron chi connectivity index (χ2n) is 7.40. The first-order valence-corrected chi connectivity index (χ1v) is 8.22. The Morgan fingerprint density at radius 3 is 1.76 bits per heavy atom. The summed E-state index contributed by atoms with van der Waals surface area (Å²) < 4.78 is 12.1. The van der Waals surface area contributed by atoms with Gasteiger partial charge >= 0.3 is 0 Å². The molecule has 0 saturated heterocycles. The maximum absolute atomic E-state index is 6.07. The van der Waals surface area contributed by atoms with Crippen LogP contribution in [0.2, 0.25) is 0 Å². The molecule has 1 aliphatic carbocycles. The van der Waals surface area contributed by atoms with Crippen LogP contribution in [-0.2, 0) is 9.47 Å². The average Bonchev–Trinajstić information content (AvgIpc) is 2.50. The fourth-order valence-corrected chi connectivity index (χ4v) is 4.90. The van der Waals surface area contributed by atoms with Crippen LogP contribution in [-0.4, -0.2) is 20.0 Å². The number of terminal acetylenes is 1. The molecular formula is C19H34O2. The zero-order chi connectivity index (χ0) is 16.6. The largest absolute Gasteiger partial charge is 0.352 e. The fourth-order valence-electron chi connectivity index (χ4n) is 4.90. The molecule has 7 atom stereocenters. The van der Waals surface area contributed by atoms with Gasteiger partial charge in [-0.15, -0.1) is 12.3 Å². The number of rotatable bonds is 4. The van der Waals surface area contributed by atoms with E-state index in [1.165, 1.54) is 0 Å². The van der Waals surface area contributed by atoms with Crippen LogP contribution >= 0.6 is 0 Å². The van der Waals surface area contributed by atoms with Crippen molar-refractivity contribution in [1.29, 1.82) is 0 Å². The predicted octanol–water partition coefficient (Wildman–Crippen LogP) is 4.45. The first-order chi connectivity index (χ1) is 9.65. The highest BCUT2D eigenvalue weighted by molar-refractivity contribution is 5.10. The van der Waals surface area contributed by atoms with Crippen molar-refractivity contribution in [3.05, 3.63) is 0 Å². The number of hydrogen-bond donors (Lipinski definition) is 0. The summed E-state index contributed by atoms with van der Waals surface area (Å²) in [6, 6.07) is 0. The van der Waals surface area contributed by atoms with Crippen LogP contribution < -0.4 is 0 Å². The van der Waals surface area contributed by atoms with E-state index in [0.717, 1.165) is 0 Å². The summed E-state index contributed by atoms with van der Waals surface area (Å²) in [6.07, 6.45) is 5.72. The monoisotopic (exact) mass is 294 g/mol. The molecule has 1 rings (SSSR count). The van der Waals surface area contributed by atoms with Gasteiger partial charge in [0.25, 0.3) is 0 Å². The SMILES string of the molecule is C#CC(C)C(C)C1(C)C(C)C(C)C(C)C(C)C1(OC)OC. The van der Waals surface area contributed by atoms with Gasteiger partial charge in [0.15, 0.2) is 5.79 Å². The lowest BCUT2D eigenvalue weighted by atomic mass is 9.48. The molecule has 0 spiro atoms. The van der Waals surface area contributed by atoms with Crippen molar-refractivity contribution < 1.29 is 9.47 Å². The van der Waals surface area contributed by atoms with E-state index in [2.05, 4.69) is 54.4 Å². The Balaban J connectivity index is 3.50. The summed E-state index contributed by atoms with van der Waals surface area (Å²) in [4.78, 5) is 0. The van der Waals surface area contributed by atoms with Crippen LogP contribution in [0.1, 0.15) is 48.5 Å². The smallest absolute Gasteiger partial charge is 0.176 e. The van der Waals surface area contributed by atoms with Crippen molar-refractivity contribution in [3.63, 3.8) is 0 Å². The van der Waals surface area contributed by atoms with Gasteiger partial charge in [-0.05, 0) is 23.7 Å². The van der Waals surface area contributed by atoms with Crippen LogP contribution in [0.15, 0.2) is 0 Å². The minimum absolute atomic E-state index is 0.131. The van der Waals surface area contributed by atoms with Crippen molar-refractivity contribution >= 4 is 0 Å². The maximum atomic E-state index is 6.07. The van der Waals surface area contributed by atoms with Crippen LogP contribution in [0.3, 0.4) is 0 Å². The minimum Gasteiger partial charge on any atom is -0.352 e. The molecule has 0 aliphatic heterocycles. The molecule has 0 bridgehead atoms. The molecule has 0 amide bonds. The Kier molecular flexibility index (Phi) is 5.56. The van der Waals surface area contributed by atoms with Gasteiger partial charge in [0, 0.05) is 31.5 Å². The summed E-state index contributed by atoms with van der Waals surface area (Å²) in [7, 11) is 3.56. The molecule has 21 heavy (non-hydrogen) atoms. The molecule has 0 N–H and O–H groups in total. The maximum Gasteiger partial charge on any atom is 0.176 e. The lowest BCUT2D eigenvalue weighted by molar-refractivity contribution is -0.355. The van der Waals surface area contributed by atoms with Gasteiger partial charge in [-0.25, -0.2) is 0 Å². The first kappa shape index (κ1) is 18.5. The molecule has 0 aromatic carbocycles. The topological polar surface area (TPSA) is 18.5 Å². The lowest BCUT2D eigenvalue weighted by Gasteiger charge is -2.63. The summed E-state index contributed by atoms with van der Waals surface area (Å²) >= 11 is 0. The Morgan fingerprint density at radius 2 is 1.38 bits per heavy atom. The Hall–Kier alpha value is -0.520. The van der Waals surface area contributed by atoms with E-state index in [0.29, 0.717) is 29.6 Å². The van der Waals surface area contributed by atoms with Gasteiger partial charge in [-0.1, -0.05) is 48.5 Å². The van der Waals surface area contributed by atoms with Gasteiger partial charge in [0.1, 0.15) is 0 Å². The Labute approximate surface area is 132 Å². The van der Waals surface area contributed by atoms with E-state index in [4.69, 9.17) is 15.9 Å². The standard InChI is InChI=1S/C19H34O2/c1-11-12(2)15(5)18(8)16(6)13(3)14(4)17(7)19(18,20-9)21-10/h1,12-17H,2-10H3. The molecular weight excluding hydrogens is 260 g/mol. The highest BCUT2D eigenvalue weighted by Gasteiger charge is 2.64. The third-order valence-electron chi connectivity index (χ3n) is 7.27. The molecule has 0 radical (unpaired) electrons. The van der Waals surface area contributed by atoms with Gasteiger partial charge in [-0.2, -0.15) is 0 Å². The first-order valence-electron chi connectivity index (χ1n) is 8.22. The van der Waals surface area contributed by atoms with Crippen molar-refractivity contribution in [1.82, 2.24) is 0 Å². The van der Waals surface area contributed by atoms with Gasteiger partial charge in [0.2, 0.25) is 0 Å². The molecule has 1 saturated carbocycles. The third-order valence-corrected chi connectivity index (χ3v) is 7.27. The van der Waals surface area contributed by atoms with E-state index < -0.39 is 5.79 Å². The average molecular weight is 294 g/mol. The highest BCUT2D eigenvalue weighted by atomic mass is 16.7. The van der Waals surface area contributed by atoms with Crippen LogP contribution in [0.4, 0.5) is 0 Å². The molecule has 1 fully saturated rings. The van der Waals surface area contributed by atoms with Gasteiger partial charge in [0.05, 0.1) is 0 Å². The molecule has 1 aliphatic rings. The molecule has 122 valence electrons. The van der Waals surface area contributed by atoms with E-state index in [9.17, 15) is 0 Å². The van der Waals surface area contributed by atoms with E-state index in [1.807, 2.05) is 0 Å². The van der Waals surface area contributed by atoms with Crippen molar-refractivity contribution in [2.24, 2.45) is 40.9 Å². The Morgan fingerprint density at radius 1 is 0.952 bits per heavy atom. The number of hydrogen-bond acceptors (Lipinski definition) is 2. The summed E-state index contributed by atoms with van der Waals surface area (Å²) in [5.74, 6) is 4.77. The summed E-state index contributed by atoms with van der Waals surface area (Å²) in [6.45, 7) is 15.9. The van der Waals surface area contributed by atoms with Crippen molar-refractivity contribution in [2.75, 3.05) is 14.2 Å². The van der Waals surface area contributed by atoms with Crippen LogP contribution in [0.25, 0.3) is 0 Å². The quantitative estimate of drug-likeness (QED) is 0.563. The van der Waals surface area contributed by atoms with E-state index in [-0.39, 0.29) is 11.3 Å². The normalized spacial score (nSPS) is 42.1. The van der Waals surface area contributed by atoms with Gasteiger partial charge < -0.3 is 9.47 Å². The zero-order valence-electron chi connectivity index (χ0n) is 15.4. The van der Waals surface area contributed by atoms with Crippen LogP contribution in [0, 0.1) is 53.3 Å².